The fourth-order valence-corrected chi connectivity index (χ4v) is 1.97. The predicted octanol–water partition coefficient (Wildman–Crippen LogP) is 2.11. The molecule has 0 aliphatic carbocycles. The van der Waals surface area contributed by atoms with E-state index < -0.39 is 12.6 Å². The fourth-order valence-electron chi connectivity index (χ4n) is 1.97. The highest BCUT2D eigenvalue weighted by Crippen LogP contribution is 2.22. The summed E-state index contributed by atoms with van der Waals surface area (Å²) >= 11 is 0. The van der Waals surface area contributed by atoms with Crippen molar-refractivity contribution in [2.75, 3.05) is 26.3 Å². The molecule has 0 radical (unpaired) electrons. The first kappa shape index (κ1) is 15.8. The second-order valence-corrected chi connectivity index (χ2v) is 4.51. The number of hydrogen-bond acceptors (Lipinski definition) is 3. The van der Waals surface area contributed by atoms with Gasteiger partial charge in [-0.15, -0.1) is 0 Å². The smallest absolute Gasteiger partial charge is 0.381 e. The number of carbonyl (C=O) groups is 1. The summed E-state index contributed by atoms with van der Waals surface area (Å²) in [5.74, 6) is -0.708. The van der Waals surface area contributed by atoms with Gasteiger partial charge in [-0.2, -0.15) is 18.4 Å². The number of amides is 1. The largest absolute Gasteiger partial charge is 0.390 e. The third-order valence-electron chi connectivity index (χ3n) is 2.98. The highest BCUT2D eigenvalue weighted by molar-refractivity contribution is 5.79. The molecular weight excluding hydrogens is 261 g/mol. The summed E-state index contributed by atoms with van der Waals surface area (Å²) in [7, 11) is 0. The summed E-state index contributed by atoms with van der Waals surface area (Å²) in [4.78, 5) is 13.2. The van der Waals surface area contributed by atoms with Gasteiger partial charge in [0.25, 0.3) is 0 Å². The Bertz CT molecular complexity index is 333. The maximum Gasteiger partial charge on any atom is 0.390 e. The van der Waals surface area contributed by atoms with Crippen LogP contribution in [0.1, 0.15) is 25.7 Å². The zero-order chi connectivity index (χ0) is 14.3. The van der Waals surface area contributed by atoms with Crippen LogP contribution in [0.15, 0.2) is 0 Å². The van der Waals surface area contributed by atoms with Gasteiger partial charge in [-0.1, -0.05) is 0 Å². The Morgan fingerprint density at radius 3 is 2.68 bits per heavy atom. The zero-order valence-electron chi connectivity index (χ0n) is 10.6. The summed E-state index contributed by atoms with van der Waals surface area (Å²) in [6.07, 6.45) is -3.93. The number of rotatable bonds is 5. The summed E-state index contributed by atoms with van der Waals surface area (Å²) in [6.45, 7) is 0.501. The summed E-state index contributed by atoms with van der Waals surface area (Å²) in [5, 5.41) is 8.50. The lowest BCUT2D eigenvalue weighted by Gasteiger charge is -2.29. The molecule has 7 heteroatoms. The molecule has 0 aromatic heterocycles. The van der Waals surface area contributed by atoms with Crippen LogP contribution in [-0.2, 0) is 9.53 Å². The molecule has 108 valence electrons. The molecule has 1 rings (SSSR count). The van der Waals surface area contributed by atoms with Crippen LogP contribution < -0.4 is 0 Å². The van der Waals surface area contributed by atoms with Crippen LogP contribution in [0.2, 0.25) is 0 Å². The number of ether oxygens (including phenoxy) is 1. The lowest BCUT2D eigenvalue weighted by atomic mass is 10.0. The van der Waals surface area contributed by atoms with Crippen molar-refractivity contribution in [3.8, 4) is 6.07 Å². The SMILES string of the molecule is N#CCCN(CCC(F)(F)F)C(=O)[C@H]1CCCOC1. The van der Waals surface area contributed by atoms with Crippen LogP contribution in [0.4, 0.5) is 13.2 Å². The van der Waals surface area contributed by atoms with Gasteiger partial charge >= 0.3 is 6.18 Å². The molecule has 1 aliphatic rings. The molecule has 0 bridgehead atoms. The highest BCUT2D eigenvalue weighted by atomic mass is 19.4. The molecule has 0 unspecified atom stereocenters. The number of carbonyl (C=O) groups excluding carboxylic acids is 1. The van der Waals surface area contributed by atoms with Crippen LogP contribution in [-0.4, -0.2) is 43.3 Å². The monoisotopic (exact) mass is 278 g/mol. The standard InChI is InChI=1S/C12H17F3N2O2/c13-12(14,15)4-7-17(6-2-5-16)11(18)10-3-1-8-19-9-10/h10H,1-4,6-9H2/t10-/m0/s1. The van der Waals surface area contributed by atoms with Crippen molar-refractivity contribution in [3.63, 3.8) is 0 Å². The van der Waals surface area contributed by atoms with E-state index in [0.29, 0.717) is 13.0 Å². The Hall–Kier alpha value is -1.29. The van der Waals surface area contributed by atoms with Crippen LogP contribution in [0.3, 0.4) is 0 Å². The molecule has 19 heavy (non-hydrogen) atoms. The van der Waals surface area contributed by atoms with Crippen molar-refractivity contribution < 1.29 is 22.7 Å². The van der Waals surface area contributed by atoms with Crippen LogP contribution in [0.25, 0.3) is 0 Å². The zero-order valence-corrected chi connectivity index (χ0v) is 10.6. The van der Waals surface area contributed by atoms with E-state index >= 15 is 0 Å². The first-order valence-corrected chi connectivity index (χ1v) is 6.24. The average Bonchev–Trinajstić information content (AvgIpc) is 2.38. The average molecular weight is 278 g/mol. The first-order chi connectivity index (χ1) is 8.94. The number of nitriles is 1. The molecule has 4 nitrogen and oxygen atoms in total. The molecule has 0 aromatic carbocycles. The predicted molar refractivity (Wildman–Crippen MR) is 61.0 cm³/mol. The van der Waals surface area contributed by atoms with Gasteiger partial charge in [-0.3, -0.25) is 4.79 Å². The molecule has 1 saturated heterocycles. The van der Waals surface area contributed by atoms with E-state index in [1.54, 1.807) is 0 Å². The number of nitrogens with zero attached hydrogens (tertiary/aromatic N) is 2. The van der Waals surface area contributed by atoms with Crippen molar-refractivity contribution in [1.82, 2.24) is 4.90 Å². The Morgan fingerprint density at radius 2 is 2.16 bits per heavy atom. The van der Waals surface area contributed by atoms with E-state index in [4.69, 9.17) is 10.00 Å². The lowest BCUT2D eigenvalue weighted by Crippen LogP contribution is -2.41. The van der Waals surface area contributed by atoms with Gasteiger partial charge in [0.1, 0.15) is 0 Å². The Morgan fingerprint density at radius 1 is 1.42 bits per heavy atom. The molecule has 1 amide bonds. The molecule has 0 spiro atoms. The van der Waals surface area contributed by atoms with Crippen molar-refractivity contribution in [2.24, 2.45) is 5.92 Å². The van der Waals surface area contributed by atoms with E-state index in [0.717, 1.165) is 11.3 Å². The van der Waals surface area contributed by atoms with Crippen molar-refractivity contribution in [2.45, 2.75) is 31.9 Å². The van der Waals surface area contributed by atoms with Gasteiger partial charge in [-0.05, 0) is 12.8 Å². The van der Waals surface area contributed by atoms with Crippen molar-refractivity contribution in [3.05, 3.63) is 0 Å². The molecule has 1 heterocycles. The first-order valence-electron chi connectivity index (χ1n) is 6.24. The molecule has 1 atom stereocenters. The van der Waals surface area contributed by atoms with Gasteiger partial charge in [0.05, 0.1) is 31.4 Å². The van der Waals surface area contributed by atoms with Gasteiger partial charge in [-0.25, -0.2) is 0 Å². The minimum atomic E-state index is -4.30. The normalized spacial score (nSPS) is 19.8. The molecule has 1 fully saturated rings. The maximum absolute atomic E-state index is 12.2. The third-order valence-corrected chi connectivity index (χ3v) is 2.98. The minimum Gasteiger partial charge on any atom is -0.381 e. The number of hydrogen-bond donors (Lipinski definition) is 0. The Kier molecular flexibility index (Phi) is 6.09. The van der Waals surface area contributed by atoms with Gasteiger partial charge in [0, 0.05) is 19.7 Å². The quantitative estimate of drug-likeness (QED) is 0.774. The molecule has 0 N–H and O–H groups in total. The van der Waals surface area contributed by atoms with Crippen molar-refractivity contribution >= 4 is 5.91 Å². The minimum absolute atomic E-state index is 0.0389. The lowest BCUT2D eigenvalue weighted by molar-refractivity contribution is -0.149. The topological polar surface area (TPSA) is 53.3 Å². The highest BCUT2D eigenvalue weighted by Gasteiger charge is 2.31. The van der Waals surface area contributed by atoms with Gasteiger partial charge in [0.15, 0.2) is 0 Å². The molecule has 1 aliphatic heterocycles. The van der Waals surface area contributed by atoms with E-state index in [1.165, 1.54) is 0 Å². The fraction of sp³-hybridized carbons (Fsp3) is 0.833. The summed E-state index contributed by atoms with van der Waals surface area (Å²) in [6, 6.07) is 1.85. The van der Waals surface area contributed by atoms with Gasteiger partial charge < -0.3 is 9.64 Å². The van der Waals surface area contributed by atoms with Crippen molar-refractivity contribution in [1.29, 1.82) is 5.26 Å². The summed E-state index contributed by atoms with van der Waals surface area (Å²) < 4.78 is 41.8. The number of halogens is 3. The van der Waals surface area contributed by atoms with E-state index in [9.17, 15) is 18.0 Å². The molecular formula is C12H17F3N2O2. The Labute approximate surface area is 110 Å². The second kappa shape index (κ2) is 7.34. The maximum atomic E-state index is 12.2. The Balaban J connectivity index is 2.56. The van der Waals surface area contributed by atoms with E-state index in [-0.39, 0.29) is 37.9 Å². The van der Waals surface area contributed by atoms with E-state index in [1.807, 2.05) is 6.07 Å². The number of alkyl halides is 3. The third kappa shape index (κ3) is 5.92. The van der Waals surface area contributed by atoms with Crippen LogP contribution in [0, 0.1) is 17.2 Å². The van der Waals surface area contributed by atoms with E-state index in [2.05, 4.69) is 0 Å². The van der Waals surface area contributed by atoms with Gasteiger partial charge in [0.2, 0.25) is 5.91 Å². The summed E-state index contributed by atoms with van der Waals surface area (Å²) in [5.41, 5.74) is 0. The molecule has 0 aromatic rings. The van der Waals surface area contributed by atoms with Crippen LogP contribution >= 0.6 is 0 Å². The second-order valence-electron chi connectivity index (χ2n) is 4.51. The molecule has 0 saturated carbocycles. The van der Waals surface area contributed by atoms with Crippen LogP contribution in [0.5, 0.6) is 0 Å².